The zero-order valence-corrected chi connectivity index (χ0v) is 14.5. The van der Waals surface area contributed by atoms with Gasteiger partial charge in [0.25, 0.3) is 5.56 Å². The molecule has 1 aliphatic heterocycles. The maximum atomic E-state index is 12.3. The Kier molecular flexibility index (Phi) is 4.44. The van der Waals surface area contributed by atoms with Gasteiger partial charge in [0.05, 0.1) is 0 Å². The minimum atomic E-state index is -0.574. The van der Waals surface area contributed by atoms with Crippen molar-refractivity contribution in [1.29, 1.82) is 5.26 Å². The van der Waals surface area contributed by atoms with Gasteiger partial charge in [0.2, 0.25) is 5.89 Å². The molecular weight excluding hydrogens is 324 g/mol. The molecule has 2 aromatic heterocycles. The van der Waals surface area contributed by atoms with E-state index < -0.39 is 11.2 Å². The van der Waals surface area contributed by atoms with Crippen LogP contribution in [-0.4, -0.2) is 32.4 Å². The molecule has 0 N–H and O–H groups in total. The van der Waals surface area contributed by atoms with Crippen LogP contribution in [0.15, 0.2) is 14.1 Å². The van der Waals surface area contributed by atoms with E-state index in [-0.39, 0.29) is 11.5 Å². The van der Waals surface area contributed by atoms with Crippen molar-refractivity contribution in [3.05, 3.63) is 38.1 Å². The van der Waals surface area contributed by atoms with Gasteiger partial charge in [0.1, 0.15) is 11.9 Å². The first-order valence-electron chi connectivity index (χ1n) is 8.25. The van der Waals surface area contributed by atoms with Gasteiger partial charge in [0, 0.05) is 39.5 Å². The molecule has 0 saturated carbocycles. The Morgan fingerprint density at radius 2 is 2.08 bits per heavy atom. The number of nitriles is 1. The lowest BCUT2D eigenvalue weighted by atomic mass is 9.97. The van der Waals surface area contributed by atoms with E-state index in [4.69, 9.17) is 4.52 Å². The number of aromatic nitrogens is 4. The summed E-state index contributed by atoms with van der Waals surface area (Å²) in [5.74, 6) is 1.61. The number of anilines is 1. The molecule has 9 nitrogen and oxygen atoms in total. The van der Waals surface area contributed by atoms with Crippen LogP contribution in [0.4, 0.5) is 5.82 Å². The molecular formula is C16H20N6O3. The van der Waals surface area contributed by atoms with Gasteiger partial charge in [-0.2, -0.15) is 10.2 Å². The van der Waals surface area contributed by atoms with Crippen LogP contribution < -0.4 is 16.1 Å². The van der Waals surface area contributed by atoms with Gasteiger partial charge in [-0.25, -0.2) is 4.79 Å². The Hall–Kier alpha value is -2.89. The predicted octanol–water partition coefficient (Wildman–Crippen LogP) is 0.285. The Bertz CT molecular complexity index is 948. The first-order chi connectivity index (χ1) is 12.0. The lowest BCUT2D eigenvalue weighted by Gasteiger charge is -2.34. The van der Waals surface area contributed by atoms with E-state index >= 15 is 0 Å². The summed E-state index contributed by atoms with van der Waals surface area (Å²) in [4.78, 5) is 30.8. The fraction of sp³-hybridized carbons (Fsp3) is 0.562. The second-order valence-corrected chi connectivity index (χ2v) is 6.20. The molecule has 9 heteroatoms. The molecule has 0 aliphatic carbocycles. The fourth-order valence-electron chi connectivity index (χ4n) is 3.26. The number of piperidine rings is 1. The SMILES string of the molecule is CCc1nc([C@@H]2CCCN(c3c(C#N)c(=O)n(C)c(=O)n3C)C2)no1. The van der Waals surface area contributed by atoms with Gasteiger partial charge in [-0.3, -0.25) is 13.9 Å². The van der Waals surface area contributed by atoms with E-state index in [9.17, 15) is 14.9 Å². The molecule has 1 fully saturated rings. The molecule has 25 heavy (non-hydrogen) atoms. The van der Waals surface area contributed by atoms with E-state index in [1.165, 1.54) is 11.6 Å². The minimum Gasteiger partial charge on any atom is -0.356 e. The van der Waals surface area contributed by atoms with Gasteiger partial charge in [-0.15, -0.1) is 0 Å². The second kappa shape index (κ2) is 6.55. The van der Waals surface area contributed by atoms with Gasteiger partial charge >= 0.3 is 5.69 Å². The smallest absolute Gasteiger partial charge is 0.332 e. The maximum Gasteiger partial charge on any atom is 0.332 e. The highest BCUT2D eigenvalue weighted by Gasteiger charge is 2.29. The molecule has 0 amide bonds. The standard InChI is InChI=1S/C16H20N6O3/c1-4-12-18-13(19-25-12)10-6-5-7-22(9-10)14-11(8-17)15(23)21(3)16(24)20(14)2/h10H,4-7,9H2,1-3H3/t10-/m1/s1. The highest BCUT2D eigenvalue weighted by molar-refractivity contribution is 5.54. The summed E-state index contributed by atoms with van der Waals surface area (Å²) in [7, 11) is 2.95. The van der Waals surface area contributed by atoms with E-state index in [0.717, 1.165) is 17.4 Å². The van der Waals surface area contributed by atoms with Crippen molar-refractivity contribution in [2.75, 3.05) is 18.0 Å². The van der Waals surface area contributed by atoms with Crippen molar-refractivity contribution in [2.24, 2.45) is 14.1 Å². The molecule has 0 bridgehead atoms. The average molecular weight is 344 g/mol. The molecule has 0 radical (unpaired) electrons. The third kappa shape index (κ3) is 2.84. The molecule has 0 spiro atoms. The van der Waals surface area contributed by atoms with Crippen LogP contribution in [-0.2, 0) is 20.5 Å². The molecule has 0 unspecified atom stereocenters. The normalized spacial score (nSPS) is 17.5. The molecule has 2 aromatic rings. The molecule has 1 saturated heterocycles. The number of hydrogen-bond acceptors (Lipinski definition) is 7. The van der Waals surface area contributed by atoms with Gasteiger partial charge in [-0.1, -0.05) is 12.1 Å². The van der Waals surface area contributed by atoms with Crippen LogP contribution in [0.3, 0.4) is 0 Å². The first-order valence-corrected chi connectivity index (χ1v) is 8.25. The van der Waals surface area contributed by atoms with Crippen molar-refractivity contribution < 1.29 is 4.52 Å². The van der Waals surface area contributed by atoms with Crippen LogP contribution >= 0.6 is 0 Å². The largest absolute Gasteiger partial charge is 0.356 e. The lowest BCUT2D eigenvalue weighted by molar-refractivity contribution is 0.367. The van der Waals surface area contributed by atoms with Crippen molar-refractivity contribution in [3.8, 4) is 6.07 Å². The zero-order chi connectivity index (χ0) is 18.1. The number of hydrogen-bond donors (Lipinski definition) is 0. The molecule has 0 aromatic carbocycles. The lowest BCUT2D eigenvalue weighted by Crippen LogP contribution is -2.45. The molecule has 1 atom stereocenters. The second-order valence-electron chi connectivity index (χ2n) is 6.20. The van der Waals surface area contributed by atoms with Gasteiger partial charge < -0.3 is 9.42 Å². The van der Waals surface area contributed by atoms with Crippen LogP contribution in [0.5, 0.6) is 0 Å². The summed E-state index contributed by atoms with van der Waals surface area (Å²) in [5, 5.41) is 13.5. The number of nitrogens with zero attached hydrogens (tertiary/aromatic N) is 6. The summed E-state index contributed by atoms with van der Waals surface area (Å²) in [6, 6.07) is 1.95. The molecule has 132 valence electrons. The van der Waals surface area contributed by atoms with Crippen LogP contribution in [0, 0.1) is 11.3 Å². The quantitative estimate of drug-likeness (QED) is 0.786. The van der Waals surface area contributed by atoms with Gasteiger partial charge in [0.15, 0.2) is 11.4 Å². The maximum absolute atomic E-state index is 12.3. The summed E-state index contributed by atoms with van der Waals surface area (Å²) in [6.07, 6.45) is 2.40. The Morgan fingerprint density at radius 3 is 2.72 bits per heavy atom. The van der Waals surface area contributed by atoms with E-state index in [1.807, 2.05) is 17.9 Å². The Balaban J connectivity index is 2.01. The minimum absolute atomic E-state index is 0.0207. The summed E-state index contributed by atoms with van der Waals surface area (Å²) in [6.45, 7) is 3.13. The summed E-state index contributed by atoms with van der Waals surface area (Å²) in [5.41, 5.74) is -1.04. The van der Waals surface area contributed by atoms with Crippen molar-refractivity contribution in [1.82, 2.24) is 19.3 Å². The zero-order valence-electron chi connectivity index (χ0n) is 14.5. The highest BCUT2D eigenvalue weighted by atomic mass is 16.5. The highest BCUT2D eigenvalue weighted by Crippen LogP contribution is 2.28. The van der Waals surface area contributed by atoms with Crippen molar-refractivity contribution >= 4 is 5.82 Å². The Labute approximate surface area is 144 Å². The summed E-state index contributed by atoms with van der Waals surface area (Å²) >= 11 is 0. The number of aryl methyl sites for hydroxylation is 1. The van der Waals surface area contributed by atoms with Crippen LogP contribution in [0.1, 0.15) is 43.0 Å². The average Bonchev–Trinajstić information content (AvgIpc) is 3.12. The summed E-state index contributed by atoms with van der Waals surface area (Å²) < 4.78 is 7.50. The predicted molar refractivity (Wildman–Crippen MR) is 89.5 cm³/mol. The first kappa shape index (κ1) is 17.0. The Morgan fingerprint density at radius 1 is 1.32 bits per heavy atom. The van der Waals surface area contributed by atoms with E-state index in [2.05, 4.69) is 10.1 Å². The monoisotopic (exact) mass is 344 g/mol. The van der Waals surface area contributed by atoms with Gasteiger partial charge in [-0.05, 0) is 12.8 Å². The number of rotatable bonds is 3. The van der Waals surface area contributed by atoms with E-state index in [1.54, 1.807) is 7.05 Å². The molecule has 3 heterocycles. The molecule has 1 aliphatic rings. The van der Waals surface area contributed by atoms with E-state index in [0.29, 0.717) is 37.0 Å². The third-order valence-electron chi connectivity index (χ3n) is 4.62. The van der Waals surface area contributed by atoms with Crippen LogP contribution in [0.2, 0.25) is 0 Å². The third-order valence-corrected chi connectivity index (χ3v) is 4.62. The van der Waals surface area contributed by atoms with Crippen molar-refractivity contribution in [2.45, 2.75) is 32.1 Å². The van der Waals surface area contributed by atoms with Crippen LogP contribution in [0.25, 0.3) is 0 Å². The van der Waals surface area contributed by atoms with Crippen molar-refractivity contribution in [3.63, 3.8) is 0 Å². The fourth-order valence-corrected chi connectivity index (χ4v) is 3.26. The molecule has 3 rings (SSSR count). The topological polar surface area (TPSA) is 110 Å².